The number of halogens is 1. The van der Waals surface area contributed by atoms with E-state index in [1.807, 2.05) is 30.3 Å². The lowest BCUT2D eigenvalue weighted by Gasteiger charge is -2.19. The molecule has 1 unspecified atom stereocenters. The van der Waals surface area contributed by atoms with Gasteiger partial charge in [0.2, 0.25) is 0 Å². The fourth-order valence-electron chi connectivity index (χ4n) is 2.28. The van der Waals surface area contributed by atoms with Crippen molar-refractivity contribution in [3.8, 4) is 5.75 Å². The monoisotopic (exact) mass is 275 g/mol. The van der Waals surface area contributed by atoms with Crippen LogP contribution in [-0.2, 0) is 6.42 Å². The van der Waals surface area contributed by atoms with Crippen molar-refractivity contribution in [2.75, 3.05) is 7.11 Å². The summed E-state index contributed by atoms with van der Waals surface area (Å²) >= 11 is 6.07. The number of ether oxygens (including phenoxy) is 1. The summed E-state index contributed by atoms with van der Waals surface area (Å²) in [5, 5.41) is 0.667. The maximum atomic E-state index is 6.40. The molecule has 0 radical (unpaired) electrons. The smallest absolute Gasteiger partial charge is 0.124 e. The first-order valence-electron chi connectivity index (χ1n) is 6.34. The molecule has 0 amide bonds. The third-order valence-electron chi connectivity index (χ3n) is 3.30. The minimum Gasteiger partial charge on any atom is -0.496 e. The molecule has 3 heteroatoms. The van der Waals surface area contributed by atoms with Crippen molar-refractivity contribution in [3.05, 3.63) is 64.2 Å². The van der Waals surface area contributed by atoms with E-state index in [1.165, 1.54) is 5.56 Å². The first-order valence-corrected chi connectivity index (χ1v) is 6.72. The van der Waals surface area contributed by atoms with Crippen molar-refractivity contribution < 1.29 is 4.74 Å². The molecule has 0 spiro atoms. The van der Waals surface area contributed by atoms with Gasteiger partial charge in [-0.3, -0.25) is 0 Å². The fourth-order valence-corrected chi connectivity index (χ4v) is 2.46. The molecule has 1 atom stereocenters. The number of aryl methyl sites for hydroxylation is 1. The standard InChI is InChI=1S/C16H18ClNO/c1-3-11-6-4-5-7-13(11)16(18)14-10-12(17)8-9-15(14)19-2/h4-10,16H,3,18H2,1-2H3. The summed E-state index contributed by atoms with van der Waals surface area (Å²) in [7, 11) is 1.64. The van der Waals surface area contributed by atoms with Gasteiger partial charge in [-0.05, 0) is 35.7 Å². The molecule has 0 saturated carbocycles. The Labute approximate surface area is 119 Å². The van der Waals surface area contributed by atoms with E-state index in [1.54, 1.807) is 7.11 Å². The molecule has 0 aliphatic heterocycles. The highest BCUT2D eigenvalue weighted by Crippen LogP contribution is 2.32. The van der Waals surface area contributed by atoms with Gasteiger partial charge in [0.15, 0.2) is 0 Å². The Hall–Kier alpha value is -1.51. The minimum atomic E-state index is -0.232. The zero-order chi connectivity index (χ0) is 13.8. The van der Waals surface area contributed by atoms with Crippen LogP contribution in [-0.4, -0.2) is 7.11 Å². The summed E-state index contributed by atoms with van der Waals surface area (Å²) in [6.07, 6.45) is 0.951. The van der Waals surface area contributed by atoms with E-state index in [-0.39, 0.29) is 6.04 Å². The zero-order valence-corrected chi connectivity index (χ0v) is 11.9. The van der Waals surface area contributed by atoms with Crippen molar-refractivity contribution in [1.29, 1.82) is 0 Å². The van der Waals surface area contributed by atoms with E-state index in [0.717, 1.165) is 23.3 Å². The third kappa shape index (κ3) is 2.91. The van der Waals surface area contributed by atoms with Gasteiger partial charge < -0.3 is 10.5 Å². The van der Waals surface area contributed by atoms with Gasteiger partial charge in [0.05, 0.1) is 13.2 Å². The van der Waals surface area contributed by atoms with Gasteiger partial charge in [0.25, 0.3) is 0 Å². The lowest BCUT2D eigenvalue weighted by Crippen LogP contribution is -2.15. The summed E-state index contributed by atoms with van der Waals surface area (Å²) in [5.41, 5.74) is 9.68. The van der Waals surface area contributed by atoms with Gasteiger partial charge >= 0.3 is 0 Å². The van der Waals surface area contributed by atoms with Crippen LogP contribution in [0, 0.1) is 0 Å². The predicted octanol–water partition coefficient (Wildman–Crippen LogP) is 3.96. The Morgan fingerprint density at radius 1 is 1.16 bits per heavy atom. The minimum absolute atomic E-state index is 0.232. The first-order chi connectivity index (χ1) is 9.17. The molecule has 2 nitrogen and oxygen atoms in total. The summed E-state index contributed by atoms with van der Waals surface area (Å²) in [5.74, 6) is 0.766. The molecular weight excluding hydrogens is 258 g/mol. The number of benzene rings is 2. The Morgan fingerprint density at radius 2 is 1.89 bits per heavy atom. The van der Waals surface area contributed by atoms with Crippen LogP contribution in [0.5, 0.6) is 5.75 Å². The topological polar surface area (TPSA) is 35.2 Å². The van der Waals surface area contributed by atoms with E-state index in [2.05, 4.69) is 19.1 Å². The van der Waals surface area contributed by atoms with Crippen molar-refractivity contribution in [2.45, 2.75) is 19.4 Å². The Bertz CT molecular complexity index is 568. The number of hydrogen-bond donors (Lipinski definition) is 1. The van der Waals surface area contributed by atoms with Crippen LogP contribution < -0.4 is 10.5 Å². The lowest BCUT2D eigenvalue weighted by atomic mass is 9.93. The SMILES string of the molecule is CCc1ccccc1C(N)c1cc(Cl)ccc1OC. The second-order valence-electron chi connectivity index (χ2n) is 4.42. The average Bonchev–Trinajstić information content (AvgIpc) is 2.46. The second kappa shape index (κ2) is 6.09. The van der Waals surface area contributed by atoms with Crippen LogP contribution in [0.4, 0.5) is 0 Å². The summed E-state index contributed by atoms with van der Waals surface area (Å²) in [6, 6.07) is 13.5. The molecule has 2 rings (SSSR count). The summed E-state index contributed by atoms with van der Waals surface area (Å²) in [6.45, 7) is 2.13. The van der Waals surface area contributed by atoms with E-state index >= 15 is 0 Å². The van der Waals surface area contributed by atoms with Gasteiger partial charge in [0.1, 0.15) is 5.75 Å². The van der Waals surface area contributed by atoms with Gasteiger partial charge in [0, 0.05) is 10.6 Å². The van der Waals surface area contributed by atoms with Crippen LogP contribution in [0.2, 0.25) is 5.02 Å². The summed E-state index contributed by atoms with van der Waals surface area (Å²) < 4.78 is 5.38. The molecule has 0 aromatic heterocycles. The highest BCUT2D eigenvalue weighted by atomic mass is 35.5. The van der Waals surface area contributed by atoms with Gasteiger partial charge in [-0.2, -0.15) is 0 Å². The van der Waals surface area contributed by atoms with Crippen molar-refractivity contribution in [3.63, 3.8) is 0 Å². The van der Waals surface area contributed by atoms with E-state index < -0.39 is 0 Å². The second-order valence-corrected chi connectivity index (χ2v) is 4.85. The molecule has 0 aliphatic rings. The Kier molecular flexibility index (Phi) is 4.46. The molecule has 2 aromatic carbocycles. The van der Waals surface area contributed by atoms with Crippen LogP contribution in [0.1, 0.15) is 29.7 Å². The zero-order valence-electron chi connectivity index (χ0n) is 11.2. The van der Waals surface area contributed by atoms with Crippen LogP contribution >= 0.6 is 11.6 Å². The average molecular weight is 276 g/mol. The molecule has 100 valence electrons. The Balaban J connectivity index is 2.49. The predicted molar refractivity (Wildman–Crippen MR) is 79.9 cm³/mol. The maximum absolute atomic E-state index is 6.40. The molecule has 2 N–H and O–H groups in total. The molecule has 0 bridgehead atoms. The molecule has 19 heavy (non-hydrogen) atoms. The van der Waals surface area contributed by atoms with Crippen molar-refractivity contribution >= 4 is 11.6 Å². The van der Waals surface area contributed by atoms with Gasteiger partial charge in [-0.25, -0.2) is 0 Å². The third-order valence-corrected chi connectivity index (χ3v) is 3.53. The lowest BCUT2D eigenvalue weighted by molar-refractivity contribution is 0.408. The maximum Gasteiger partial charge on any atom is 0.124 e. The van der Waals surface area contributed by atoms with E-state index in [0.29, 0.717) is 5.02 Å². The molecule has 0 saturated heterocycles. The normalized spacial score (nSPS) is 12.2. The quantitative estimate of drug-likeness (QED) is 0.917. The largest absolute Gasteiger partial charge is 0.496 e. The van der Waals surface area contributed by atoms with Crippen molar-refractivity contribution in [2.24, 2.45) is 5.73 Å². The Morgan fingerprint density at radius 3 is 2.58 bits per heavy atom. The van der Waals surface area contributed by atoms with Gasteiger partial charge in [-0.15, -0.1) is 0 Å². The fraction of sp³-hybridized carbons (Fsp3) is 0.250. The number of hydrogen-bond acceptors (Lipinski definition) is 2. The van der Waals surface area contributed by atoms with Gasteiger partial charge in [-0.1, -0.05) is 42.8 Å². The molecule has 0 heterocycles. The molecule has 0 fully saturated rings. The van der Waals surface area contributed by atoms with Crippen molar-refractivity contribution in [1.82, 2.24) is 0 Å². The van der Waals surface area contributed by atoms with E-state index in [4.69, 9.17) is 22.1 Å². The van der Waals surface area contributed by atoms with Crippen LogP contribution in [0.15, 0.2) is 42.5 Å². The highest BCUT2D eigenvalue weighted by Gasteiger charge is 2.16. The first kappa shape index (κ1) is 13.9. The number of nitrogens with two attached hydrogens (primary N) is 1. The van der Waals surface area contributed by atoms with Crippen LogP contribution in [0.3, 0.4) is 0 Å². The molecule has 0 aliphatic carbocycles. The van der Waals surface area contributed by atoms with E-state index in [9.17, 15) is 0 Å². The summed E-state index contributed by atoms with van der Waals surface area (Å²) in [4.78, 5) is 0. The molecule has 2 aromatic rings. The molecular formula is C16H18ClNO. The number of rotatable bonds is 4. The van der Waals surface area contributed by atoms with Crippen LogP contribution in [0.25, 0.3) is 0 Å². The highest BCUT2D eigenvalue weighted by molar-refractivity contribution is 6.30. The number of methoxy groups -OCH3 is 1.